The molecule has 18 heavy (non-hydrogen) atoms. The molecule has 0 spiro atoms. The normalized spacial score (nSPS) is 11.7. The maximum atomic E-state index is 11.6. The minimum atomic E-state index is -1.03. The van der Waals surface area contributed by atoms with E-state index in [2.05, 4.69) is 10.6 Å². The topological polar surface area (TPSA) is 78.4 Å². The van der Waals surface area contributed by atoms with E-state index in [-0.39, 0.29) is 0 Å². The highest BCUT2D eigenvalue weighted by atomic mass is 16.4. The molecule has 5 heteroatoms. The average molecular weight is 250 g/mol. The summed E-state index contributed by atoms with van der Waals surface area (Å²) >= 11 is 0. The van der Waals surface area contributed by atoms with Gasteiger partial charge in [0.05, 0.1) is 0 Å². The fourth-order valence-electron chi connectivity index (χ4n) is 1.61. The number of nitrogens with one attached hydrogen (secondary N) is 2. The van der Waals surface area contributed by atoms with E-state index in [0.717, 1.165) is 11.1 Å². The van der Waals surface area contributed by atoms with Crippen LogP contribution in [0.25, 0.3) is 0 Å². The van der Waals surface area contributed by atoms with E-state index in [4.69, 9.17) is 5.11 Å². The van der Waals surface area contributed by atoms with Crippen LogP contribution in [0.4, 0.5) is 10.5 Å². The van der Waals surface area contributed by atoms with Crippen LogP contribution in [0.15, 0.2) is 18.2 Å². The fraction of sp³-hybridized carbons (Fsp3) is 0.385. The Kier molecular flexibility index (Phi) is 4.71. The summed E-state index contributed by atoms with van der Waals surface area (Å²) in [6.45, 7) is 5.56. The van der Waals surface area contributed by atoms with Gasteiger partial charge in [0.15, 0.2) is 0 Å². The van der Waals surface area contributed by atoms with Gasteiger partial charge in [-0.1, -0.05) is 24.6 Å². The molecule has 0 saturated carbocycles. The van der Waals surface area contributed by atoms with Crippen LogP contribution in [0.5, 0.6) is 0 Å². The number of aryl methyl sites for hydroxylation is 2. The standard InChI is InChI=1S/C13H18N2O3/c1-4-10(12(16)17)14-13(18)15-11-6-5-8(2)7-9(11)3/h5-7,10H,4H2,1-3H3,(H,16,17)(H2,14,15,18). The minimum Gasteiger partial charge on any atom is -0.480 e. The Bertz CT molecular complexity index is 458. The second-order valence-electron chi connectivity index (χ2n) is 4.22. The molecule has 98 valence electrons. The van der Waals surface area contributed by atoms with Crippen molar-refractivity contribution < 1.29 is 14.7 Å². The molecule has 3 N–H and O–H groups in total. The van der Waals surface area contributed by atoms with Gasteiger partial charge >= 0.3 is 12.0 Å². The predicted molar refractivity (Wildman–Crippen MR) is 69.8 cm³/mol. The first-order valence-corrected chi connectivity index (χ1v) is 5.81. The van der Waals surface area contributed by atoms with Crippen LogP contribution in [0, 0.1) is 13.8 Å². The summed E-state index contributed by atoms with van der Waals surface area (Å²) in [4.78, 5) is 22.4. The highest BCUT2D eigenvalue weighted by molar-refractivity contribution is 5.92. The van der Waals surface area contributed by atoms with Gasteiger partial charge in [0.1, 0.15) is 6.04 Å². The van der Waals surface area contributed by atoms with E-state index < -0.39 is 18.0 Å². The number of hydrogen-bond acceptors (Lipinski definition) is 2. The molecule has 0 aliphatic heterocycles. The molecule has 0 radical (unpaired) electrons. The maximum Gasteiger partial charge on any atom is 0.326 e. The summed E-state index contributed by atoms with van der Waals surface area (Å²) in [7, 11) is 0. The minimum absolute atomic E-state index is 0.343. The monoisotopic (exact) mass is 250 g/mol. The molecule has 0 saturated heterocycles. The smallest absolute Gasteiger partial charge is 0.326 e. The molecule has 0 bridgehead atoms. The number of aliphatic carboxylic acids is 1. The van der Waals surface area contributed by atoms with Crippen molar-refractivity contribution in [3.63, 3.8) is 0 Å². The lowest BCUT2D eigenvalue weighted by atomic mass is 10.1. The maximum absolute atomic E-state index is 11.6. The van der Waals surface area contributed by atoms with Gasteiger partial charge in [0.25, 0.3) is 0 Å². The van der Waals surface area contributed by atoms with E-state index in [1.165, 1.54) is 0 Å². The molecule has 0 aromatic heterocycles. The van der Waals surface area contributed by atoms with Gasteiger partial charge in [-0.05, 0) is 31.9 Å². The highest BCUT2D eigenvalue weighted by Crippen LogP contribution is 2.15. The zero-order valence-corrected chi connectivity index (χ0v) is 10.8. The molecule has 5 nitrogen and oxygen atoms in total. The van der Waals surface area contributed by atoms with Crippen LogP contribution in [0.2, 0.25) is 0 Å². The van der Waals surface area contributed by atoms with Crippen molar-refractivity contribution in [1.82, 2.24) is 5.32 Å². The summed E-state index contributed by atoms with van der Waals surface area (Å²) in [5, 5.41) is 13.9. The van der Waals surface area contributed by atoms with Crippen molar-refractivity contribution in [3.8, 4) is 0 Å². The Balaban J connectivity index is 2.67. The predicted octanol–water partition coefficient (Wildman–Crippen LogP) is 2.29. The first-order chi connectivity index (χ1) is 8.43. The van der Waals surface area contributed by atoms with Crippen LogP contribution >= 0.6 is 0 Å². The first kappa shape index (κ1) is 14.0. The number of benzene rings is 1. The van der Waals surface area contributed by atoms with Gasteiger partial charge in [0.2, 0.25) is 0 Å². The summed E-state index contributed by atoms with van der Waals surface area (Å²) in [6, 6.07) is 4.26. The summed E-state index contributed by atoms with van der Waals surface area (Å²) in [6.07, 6.45) is 0.343. The average Bonchev–Trinajstić information content (AvgIpc) is 2.29. The third-order valence-electron chi connectivity index (χ3n) is 2.64. The molecule has 2 amide bonds. The Morgan fingerprint density at radius 2 is 2.00 bits per heavy atom. The highest BCUT2D eigenvalue weighted by Gasteiger charge is 2.17. The third kappa shape index (κ3) is 3.76. The van der Waals surface area contributed by atoms with Crippen LogP contribution in [0.1, 0.15) is 24.5 Å². The Morgan fingerprint density at radius 3 is 2.50 bits per heavy atom. The molecule has 1 aromatic rings. The Morgan fingerprint density at radius 1 is 1.33 bits per heavy atom. The molecule has 0 aliphatic carbocycles. The van der Waals surface area contributed by atoms with Crippen molar-refractivity contribution in [3.05, 3.63) is 29.3 Å². The molecule has 1 atom stereocenters. The van der Waals surface area contributed by atoms with E-state index >= 15 is 0 Å². The van der Waals surface area contributed by atoms with Gasteiger partial charge in [-0.3, -0.25) is 0 Å². The summed E-state index contributed by atoms with van der Waals surface area (Å²) < 4.78 is 0. The molecular weight excluding hydrogens is 232 g/mol. The van der Waals surface area contributed by atoms with Gasteiger partial charge < -0.3 is 15.7 Å². The summed E-state index contributed by atoms with van der Waals surface area (Å²) in [5.74, 6) is -1.03. The van der Waals surface area contributed by atoms with E-state index in [0.29, 0.717) is 12.1 Å². The first-order valence-electron chi connectivity index (χ1n) is 5.81. The second-order valence-corrected chi connectivity index (χ2v) is 4.22. The number of hydrogen-bond donors (Lipinski definition) is 3. The molecule has 0 fully saturated rings. The van der Waals surface area contributed by atoms with E-state index in [9.17, 15) is 9.59 Å². The van der Waals surface area contributed by atoms with Gasteiger partial charge in [-0.15, -0.1) is 0 Å². The largest absolute Gasteiger partial charge is 0.480 e. The number of carbonyl (C=O) groups is 2. The number of urea groups is 1. The molecule has 1 rings (SSSR count). The van der Waals surface area contributed by atoms with E-state index in [1.807, 2.05) is 26.0 Å². The number of rotatable bonds is 4. The fourth-order valence-corrected chi connectivity index (χ4v) is 1.61. The SMILES string of the molecule is CCC(NC(=O)Nc1ccc(C)cc1C)C(=O)O. The number of carbonyl (C=O) groups excluding carboxylic acids is 1. The van der Waals surface area contributed by atoms with E-state index in [1.54, 1.807) is 13.0 Å². The number of carboxylic acids is 1. The van der Waals surface area contributed by atoms with Gasteiger partial charge in [-0.25, -0.2) is 9.59 Å². The molecule has 1 unspecified atom stereocenters. The molecule has 0 aliphatic rings. The number of carboxylic acid groups (broad SMARTS) is 1. The van der Waals surface area contributed by atoms with Crippen LogP contribution < -0.4 is 10.6 Å². The Labute approximate surface area is 106 Å². The zero-order valence-electron chi connectivity index (χ0n) is 10.8. The van der Waals surface area contributed by atoms with Crippen LogP contribution in [-0.2, 0) is 4.79 Å². The van der Waals surface area contributed by atoms with Crippen molar-refractivity contribution in [2.24, 2.45) is 0 Å². The van der Waals surface area contributed by atoms with Crippen molar-refractivity contribution in [2.45, 2.75) is 33.2 Å². The second kappa shape index (κ2) is 6.05. The van der Waals surface area contributed by atoms with Gasteiger partial charge in [0, 0.05) is 5.69 Å². The van der Waals surface area contributed by atoms with Gasteiger partial charge in [-0.2, -0.15) is 0 Å². The van der Waals surface area contributed by atoms with Crippen LogP contribution in [-0.4, -0.2) is 23.1 Å². The lowest BCUT2D eigenvalue weighted by Crippen LogP contribution is -2.42. The number of anilines is 1. The van der Waals surface area contributed by atoms with Crippen molar-refractivity contribution in [1.29, 1.82) is 0 Å². The molecule has 0 heterocycles. The third-order valence-corrected chi connectivity index (χ3v) is 2.64. The number of amides is 2. The lowest BCUT2D eigenvalue weighted by molar-refractivity contribution is -0.139. The molecule has 1 aromatic carbocycles. The van der Waals surface area contributed by atoms with Crippen molar-refractivity contribution in [2.75, 3.05) is 5.32 Å². The summed E-state index contributed by atoms with van der Waals surface area (Å²) in [5.41, 5.74) is 2.72. The van der Waals surface area contributed by atoms with Crippen LogP contribution in [0.3, 0.4) is 0 Å². The quantitative estimate of drug-likeness (QED) is 0.767. The lowest BCUT2D eigenvalue weighted by Gasteiger charge is -2.14. The zero-order chi connectivity index (χ0) is 13.7. The van der Waals surface area contributed by atoms with Crippen molar-refractivity contribution >= 4 is 17.7 Å². The molecular formula is C13H18N2O3. The Hall–Kier alpha value is -2.04.